The van der Waals surface area contributed by atoms with Crippen molar-refractivity contribution in [1.29, 1.82) is 0 Å². The van der Waals surface area contributed by atoms with Crippen LogP contribution < -0.4 is 21.3 Å². The van der Waals surface area contributed by atoms with Crippen LogP contribution in [-0.4, -0.2) is 29.7 Å². The fourth-order valence-corrected chi connectivity index (χ4v) is 5.83. The number of halogens is 1. The van der Waals surface area contributed by atoms with Crippen molar-refractivity contribution in [3.05, 3.63) is 58.1 Å². The second-order valence-corrected chi connectivity index (χ2v) is 9.56. The van der Waals surface area contributed by atoms with Crippen LogP contribution in [0.1, 0.15) is 36.5 Å². The number of nitrogens with two attached hydrogens (primary N) is 1. The Hall–Kier alpha value is -3.23. The number of hydrogen-bond acceptors (Lipinski definition) is 5. The molecule has 0 unspecified atom stereocenters. The molecule has 2 aromatic carbocycles. The first-order valence-electron chi connectivity index (χ1n) is 11.3. The van der Waals surface area contributed by atoms with Crippen molar-refractivity contribution in [2.45, 2.75) is 44.7 Å². The standard InChI is InChI=1S/C25H25ClN4O4/c1-3-13-4-6-14(7-5-13)30-22(32)19-17(10-11-18(27)31)29-25(20(19)23(30)33)15-8-9-16(26)12(2)21(15)28-24(25)34/h4-9,17,19-20,29H,3,10-11H2,1-2H3,(H2,27,31)(H,28,34)/t17-,19+,20-,25+/m0/s1. The molecule has 0 radical (unpaired) electrons. The Morgan fingerprint density at radius 3 is 2.47 bits per heavy atom. The zero-order valence-electron chi connectivity index (χ0n) is 18.9. The first-order valence-corrected chi connectivity index (χ1v) is 11.7. The Bertz CT molecular complexity index is 1240. The molecule has 4 atom stereocenters. The predicted octanol–water partition coefficient (Wildman–Crippen LogP) is 2.40. The molecule has 0 aliphatic carbocycles. The van der Waals surface area contributed by atoms with Gasteiger partial charge in [0, 0.05) is 23.0 Å². The maximum atomic E-state index is 13.9. The number of nitrogens with zero attached hydrogens (tertiary/aromatic N) is 1. The van der Waals surface area contributed by atoms with Gasteiger partial charge in [0.05, 0.1) is 23.2 Å². The zero-order valence-corrected chi connectivity index (χ0v) is 19.6. The van der Waals surface area contributed by atoms with Gasteiger partial charge in [0.1, 0.15) is 5.54 Å². The molecule has 4 N–H and O–H groups in total. The smallest absolute Gasteiger partial charge is 0.250 e. The molecule has 34 heavy (non-hydrogen) atoms. The molecule has 4 amide bonds. The van der Waals surface area contributed by atoms with E-state index in [9.17, 15) is 19.2 Å². The fourth-order valence-electron chi connectivity index (χ4n) is 5.67. The van der Waals surface area contributed by atoms with Gasteiger partial charge in [0.25, 0.3) is 0 Å². The molecule has 3 heterocycles. The maximum Gasteiger partial charge on any atom is 0.250 e. The normalized spacial score (nSPS) is 27.3. The zero-order chi connectivity index (χ0) is 24.4. The summed E-state index contributed by atoms with van der Waals surface area (Å²) in [4.78, 5) is 53.8. The van der Waals surface area contributed by atoms with Crippen LogP contribution in [0, 0.1) is 18.8 Å². The van der Waals surface area contributed by atoms with Crippen LogP contribution in [0.5, 0.6) is 0 Å². The highest BCUT2D eigenvalue weighted by Crippen LogP contribution is 2.55. The molecule has 0 aromatic heterocycles. The minimum atomic E-state index is -1.44. The summed E-state index contributed by atoms with van der Waals surface area (Å²) < 4.78 is 0. The van der Waals surface area contributed by atoms with Gasteiger partial charge in [-0.1, -0.05) is 36.7 Å². The first kappa shape index (κ1) is 22.6. The lowest BCUT2D eigenvalue weighted by atomic mass is 9.76. The van der Waals surface area contributed by atoms with Crippen LogP contribution in [0.25, 0.3) is 0 Å². The van der Waals surface area contributed by atoms with Crippen molar-refractivity contribution in [3.8, 4) is 0 Å². The van der Waals surface area contributed by atoms with E-state index < -0.39 is 41.1 Å². The Morgan fingerprint density at radius 1 is 1.12 bits per heavy atom. The van der Waals surface area contributed by atoms with E-state index in [2.05, 4.69) is 10.6 Å². The number of imide groups is 1. The molecule has 176 valence electrons. The highest BCUT2D eigenvalue weighted by Gasteiger charge is 2.70. The maximum absolute atomic E-state index is 13.9. The van der Waals surface area contributed by atoms with Crippen LogP contribution in [0.3, 0.4) is 0 Å². The number of primary amides is 1. The van der Waals surface area contributed by atoms with Crippen LogP contribution >= 0.6 is 11.6 Å². The lowest BCUT2D eigenvalue weighted by Crippen LogP contribution is -2.53. The number of fused-ring (bicyclic) bond motifs is 4. The average Bonchev–Trinajstić information content (AvgIpc) is 3.40. The van der Waals surface area contributed by atoms with Crippen molar-refractivity contribution in [1.82, 2.24) is 5.32 Å². The Kier molecular flexibility index (Phi) is 5.26. The van der Waals surface area contributed by atoms with E-state index in [0.29, 0.717) is 27.5 Å². The van der Waals surface area contributed by atoms with Crippen molar-refractivity contribution in [2.24, 2.45) is 17.6 Å². The van der Waals surface area contributed by atoms with E-state index in [1.165, 1.54) is 4.90 Å². The highest BCUT2D eigenvalue weighted by atomic mass is 35.5. The third-order valence-corrected chi connectivity index (χ3v) is 7.80. The predicted molar refractivity (Wildman–Crippen MR) is 127 cm³/mol. The molecular weight excluding hydrogens is 456 g/mol. The van der Waals surface area contributed by atoms with Gasteiger partial charge in [-0.3, -0.25) is 24.5 Å². The third-order valence-electron chi connectivity index (χ3n) is 7.39. The summed E-state index contributed by atoms with van der Waals surface area (Å²) >= 11 is 6.29. The fraction of sp³-hybridized carbons (Fsp3) is 0.360. The number of carbonyl (C=O) groups excluding carboxylic acids is 4. The van der Waals surface area contributed by atoms with Crippen LogP contribution in [0.15, 0.2) is 36.4 Å². The van der Waals surface area contributed by atoms with Gasteiger partial charge in [-0.25, -0.2) is 4.90 Å². The quantitative estimate of drug-likeness (QED) is 0.567. The number of carbonyl (C=O) groups is 4. The monoisotopic (exact) mass is 480 g/mol. The second-order valence-electron chi connectivity index (χ2n) is 9.15. The highest BCUT2D eigenvalue weighted by molar-refractivity contribution is 6.32. The van der Waals surface area contributed by atoms with Gasteiger partial charge in [0.2, 0.25) is 23.6 Å². The molecule has 5 rings (SSSR count). The van der Waals surface area contributed by atoms with Crippen molar-refractivity contribution in [3.63, 3.8) is 0 Å². The Balaban J connectivity index is 1.64. The van der Waals surface area contributed by atoms with Crippen molar-refractivity contribution in [2.75, 3.05) is 10.2 Å². The third kappa shape index (κ3) is 3.02. The minimum Gasteiger partial charge on any atom is -0.370 e. The summed E-state index contributed by atoms with van der Waals surface area (Å²) in [5.74, 6) is -3.53. The van der Waals surface area contributed by atoms with Crippen LogP contribution in [0.4, 0.5) is 11.4 Å². The van der Waals surface area contributed by atoms with E-state index in [0.717, 1.165) is 12.0 Å². The number of hydrogen-bond donors (Lipinski definition) is 3. The van der Waals surface area contributed by atoms with E-state index in [1.807, 2.05) is 19.1 Å². The first-order chi connectivity index (χ1) is 16.2. The van der Waals surface area contributed by atoms with Gasteiger partial charge >= 0.3 is 0 Å². The number of nitrogens with one attached hydrogen (secondary N) is 2. The summed E-state index contributed by atoms with van der Waals surface area (Å²) in [6, 6.07) is 10.1. The van der Waals surface area contributed by atoms with Gasteiger partial charge in [-0.05, 0) is 49.1 Å². The second kappa shape index (κ2) is 7.92. The van der Waals surface area contributed by atoms with E-state index in [-0.39, 0.29) is 18.7 Å². The molecule has 3 aliphatic rings. The summed E-state index contributed by atoms with van der Waals surface area (Å²) in [5.41, 5.74) is 7.30. The van der Waals surface area contributed by atoms with Gasteiger partial charge in [-0.2, -0.15) is 0 Å². The van der Waals surface area contributed by atoms with E-state index in [4.69, 9.17) is 17.3 Å². The molecule has 2 saturated heterocycles. The number of amides is 4. The Morgan fingerprint density at radius 2 is 1.82 bits per heavy atom. The van der Waals surface area contributed by atoms with Crippen LogP contribution in [0.2, 0.25) is 5.02 Å². The number of benzene rings is 2. The summed E-state index contributed by atoms with van der Waals surface area (Å²) in [6.07, 6.45) is 1.08. The number of rotatable bonds is 5. The minimum absolute atomic E-state index is 0.0256. The molecule has 1 spiro atoms. The van der Waals surface area contributed by atoms with Gasteiger partial charge < -0.3 is 11.1 Å². The summed E-state index contributed by atoms with van der Waals surface area (Å²) in [7, 11) is 0. The molecule has 0 bridgehead atoms. The lowest BCUT2D eigenvalue weighted by Gasteiger charge is -2.29. The molecule has 3 aliphatic heterocycles. The topological polar surface area (TPSA) is 122 Å². The SMILES string of the molecule is CCc1ccc(N2C(=O)[C@@H]3[C@H](CCC(N)=O)N[C@@]4(C(=O)Nc5c4ccc(Cl)c5C)[C@@H]3C2=O)cc1. The summed E-state index contributed by atoms with van der Waals surface area (Å²) in [6.45, 7) is 3.81. The van der Waals surface area contributed by atoms with Crippen molar-refractivity contribution < 1.29 is 19.2 Å². The summed E-state index contributed by atoms with van der Waals surface area (Å²) in [5, 5.41) is 6.67. The van der Waals surface area contributed by atoms with Gasteiger partial charge in [0.15, 0.2) is 0 Å². The average molecular weight is 481 g/mol. The van der Waals surface area contributed by atoms with E-state index >= 15 is 0 Å². The van der Waals surface area contributed by atoms with Crippen LogP contribution in [-0.2, 0) is 31.1 Å². The number of anilines is 2. The molecule has 0 saturated carbocycles. The molecule has 8 nitrogen and oxygen atoms in total. The Labute approximate surface area is 201 Å². The molecule has 2 aromatic rings. The molecule has 9 heteroatoms. The van der Waals surface area contributed by atoms with E-state index in [1.54, 1.807) is 31.2 Å². The lowest BCUT2D eigenvalue weighted by molar-refractivity contribution is -0.130. The largest absolute Gasteiger partial charge is 0.370 e. The number of aryl methyl sites for hydroxylation is 1. The van der Waals surface area contributed by atoms with Gasteiger partial charge in [-0.15, -0.1) is 0 Å². The van der Waals surface area contributed by atoms with Crippen molar-refractivity contribution >= 4 is 46.6 Å². The molecular formula is C25H25ClN4O4. The molecule has 2 fully saturated rings.